The summed E-state index contributed by atoms with van der Waals surface area (Å²) in [6, 6.07) is 2.65. The summed E-state index contributed by atoms with van der Waals surface area (Å²) >= 11 is 3.26. The van der Waals surface area contributed by atoms with E-state index in [1.807, 2.05) is 0 Å². The Bertz CT molecular complexity index is 398. The first-order valence-corrected chi connectivity index (χ1v) is 9.96. The lowest BCUT2D eigenvalue weighted by molar-refractivity contribution is 0.0623. The maximum atomic E-state index is 10.9. The Morgan fingerprint density at radius 2 is 2.18 bits per heavy atom. The minimum atomic E-state index is -1.09. The molecule has 4 nitrogen and oxygen atoms in total. The quantitative estimate of drug-likeness (QED) is 0.646. The molecule has 0 spiro atoms. The number of aromatic carboxylic acids is 1. The molecule has 0 atom stereocenters. The molecule has 0 aliphatic rings. The van der Waals surface area contributed by atoms with Gasteiger partial charge in [0.25, 0.3) is 0 Å². The predicted octanol–water partition coefficient (Wildman–Crippen LogP) is 3.26. The second kappa shape index (κ2) is 5.84. The van der Waals surface area contributed by atoms with Gasteiger partial charge in [-0.25, -0.2) is 4.79 Å². The summed E-state index contributed by atoms with van der Waals surface area (Å²) in [6.45, 7) is 7.82. The first-order chi connectivity index (χ1) is 7.79. The summed E-state index contributed by atoms with van der Waals surface area (Å²) < 4.78 is 7.86. The molecule has 0 aromatic carbocycles. The van der Waals surface area contributed by atoms with Crippen LogP contribution in [0.25, 0.3) is 0 Å². The number of hydrogen-bond donors (Lipinski definition) is 1. The van der Waals surface area contributed by atoms with E-state index in [4.69, 9.17) is 9.84 Å². The minimum Gasteiger partial charge on any atom is -0.477 e. The van der Waals surface area contributed by atoms with Gasteiger partial charge in [0.1, 0.15) is 12.4 Å². The largest absolute Gasteiger partial charge is 0.477 e. The molecule has 0 aliphatic carbocycles. The number of aromatic nitrogens is 1. The summed E-state index contributed by atoms with van der Waals surface area (Å²) in [6.07, 6.45) is 1.72. The van der Waals surface area contributed by atoms with Crippen LogP contribution in [-0.4, -0.2) is 30.3 Å². The van der Waals surface area contributed by atoms with Gasteiger partial charge in [-0.3, -0.25) is 0 Å². The zero-order valence-electron chi connectivity index (χ0n) is 10.4. The smallest absolute Gasteiger partial charge is 0.352 e. The highest BCUT2D eigenvalue weighted by Crippen LogP contribution is 2.15. The van der Waals surface area contributed by atoms with E-state index in [2.05, 4.69) is 35.6 Å². The maximum absolute atomic E-state index is 10.9. The van der Waals surface area contributed by atoms with Crippen LogP contribution in [0, 0.1) is 0 Å². The van der Waals surface area contributed by atoms with Gasteiger partial charge >= 0.3 is 5.97 Å². The molecule has 6 heteroatoms. The molecule has 0 radical (unpaired) electrons. The lowest BCUT2D eigenvalue weighted by Gasteiger charge is -2.15. The van der Waals surface area contributed by atoms with Crippen molar-refractivity contribution in [3.63, 3.8) is 0 Å². The average Bonchev–Trinajstić information content (AvgIpc) is 2.53. The van der Waals surface area contributed by atoms with Crippen molar-refractivity contribution in [1.82, 2.24) is 4.57 Å². The second-order valence-electron chi connectivity index (χ2n) is 5.17. The summed E-state index contributed by atoms with van der Waals surface area (Å²) in [4.78, 5) is 10.9. The van der Waals surface area contributed by atoms with Gasteiger partial charge in [-0.2, -0.15) is 0 Å². The second-order valence-corrected chi connectivity index (χ2v) is 11.7. The van der Waals surface area contributed by atoms with Crippen LogP contribution in [0.3, 0.4) is 0 Å². The van der Waals surface area contributed by atoms with Gasteiger partial charge in [0.15, 0.2) is 0 Å². The van der Waals surface area contributed by atoms with E-state index in [1.54, 1.807) is 16.8 Å². The van der Waals surface area contributed by atoms with Crippen molar-refractivity contribution in [2.45, 2.75) is 32.4 Å². The molecule has 1 aromatic rings. The molecule has 0 amide bonds. The molecular weight excluding hydrogens is 302 g/mol. The van der Waals surface area contributed by atoms with Gasteiger partial charge in [-0.05, 0) is 28.0 Å². The highest BCUT2D eigenvalue weighted by molar-refractivity contribution is 9.10. The molecule has 0 aliphatic heterocycles. The third kappa shape index (κ3) is 5.05. The number of halogens is 1. The molecule has 1 aromatic heterocycles. The first-order valence-electron chi connectivity index (χ1n) is 5.46. The third-order valence-corrected chi connectivity index (χ3v) is 4.45. The van der Waals surface area contributed by atoms with E-state index in [0.717, 1.165) is 10.5 Å². The van der Waals surface area contributed by atoms with Gasteiger partial charge in [-0.15, -0.1) is 0 Å². The third-order valence-electron chi connectivity index (χ3n) is 2.31. The van der Waals surface area contributed by atoms with Gasteiger partial charge in [0, 0.05) is 25.4 Å². The average molecular weight is 320 g/mol. The van der Waals surface area contributed by atoms with E-state index in [-0.39, 0.29) is 12.4 Å². The molecule has 1 N–H and O–H groups in total. The fraction of sp³-hybridized carbons (Fsp3) is 0.545. The zero-order chi connectivity index (χ0) is 13.1. The summed E-state index contributed by atoms with van der Waals surface area (Å²) in [5.74, 6) is -0.940. The molecular formula is C11H18BrNO3Si. The van der Waals surface area contributed by atoms with Gasteiger partial charge in [-0.1, -0.05) is 19.6 Å². The summed E-state index contributed by atoms with van der Waals surface area (Å²) in [7, 11) is -1.09. The topological polar surface area (TPSA) is 51.5 Å². The van der Waals surface area contributed by atoms with Crippen molar-refractivity contribution < 1.29 is 14.6 Å². The van der Waals surface area contributed by atoms with Gasteiger partial charge in [0.05, 0.1) is 0 Å². The van der Waals surface area contributed by atoms with Crippen LogP contribution in [0.1, 0.15) is 10.5 Å². The molecule has 0 bridgehead atoms. The Balaban J connectivity index is 2.49. The number of ether oxygens (including phenoxy) is 1. The number of hydrogen-bond acceptors (Lipinski definition) is 2. The number of carboxylic acids is 1. The van der Waals surface area contributed by atoms with E-state index in [1.165, 1.54) is 0 Å². The molecule has 1 heterocycles. The molecule has 0 fully saturated rings. The standard InChI is InChI=1S/C11H18BrNO3Si/c1-17(2,3)5-4-16-8-13-7-9(12)6-10(13)11(14)15/h6-7H,4-5,8H2,1-3H3,(H,14,15). The Morgan fingerprint density at radius 1 is 1.53 bits per heavy atom. The number of carbonyl (C=O) groups is 1. The van der Waals surface area contributed by atoms with Crippen LogP contribution >= 0.6 is 15.9 Å². The van der Waals surface area contributed by atoms with Crippen LogP contribution in [-0.2, 0) is 11.5 Å². The Kier molecular flexibility index (Phi) is 4.97. The normalized spacial score (nSPS) is 11.8. The van der Waals surface area contributed by atoms with Gasteiger partial charge in [0.2, 0.25) is 0 Å². The Labute approximate surface area is 111 Å². The summed E-state index contributed by atoms with van der Waals surface area (Å²) in [5.41, 5.74) is 0.241. The van der Waals surface area contributed by atoms with Crippen molar-refractivity contribution in [1.29, 1.82) is 0 Å². The van der Waals surface area contributed by atoms with Crippen LogP contribution in [0.5, 0.6) is 0 Å². The van der Waals surface area contributed by atoms with Crippen LogP contribution in [0.4, 0.5) is 0 Å². The fourth-order valence-corrected chi connectivity index (χ4v) is 2.52. The minimum absolute atomic E-state index is 0.241. The van der Waals surface area contributed by atoms with Crippen molar-refractivity contribution >= 4 is 30.0 Å². The maximum Gasteiger partial charge on any atom is 0.352 e. The van der Waals surface area contributed by atoms with Crippen molar-refractivity contribution in [2.75, 3.05) is 6.61 Å². The molecule has 0 saturated carbocycles. The van der Waals surface area contributed by atoms with E-state index in [0.29, 0.717) is 6.61 Å². The zero-order valence-corrected chi connectivity index (χ0v) is 13.0. The van der Waals surface area contributed by atoms with Crippen molar-refractivity contribution in [2.24, 2.45) is 0 Å². The Hall–Kier alpha value is -0.593. The monoisotopic (exact) mass is 319 g/mol. The number of rotatable bonds is 6. The molecule has 0 unspecified atom stereocenters. The van der Waals surface area contributed by atoms with Crippen LogP contribution in [0.2, 0.25) is 25.7 Å². The number of carboxylic acid groups (broad SMARTS) is 1. The first kappa shape index (κ1) is 14.5. The molecule has 96 valence electrons. The summed E-state index contributed by atoms with van der Waals surface area (Å²) in [5, 5.41) is 8.97. The lowest BCUT2D eigenvalue weighted by Crippen LogP contribution is -2.22. The molecule has 17 heavy (non-hydrogen) atoms. The number of nitrogens with zero attached hydrogens (tertiary/aromatic N) is 1. The van der Waals surface area contributed by atoms with E-state index in [9.17, 15) is 4.79 Å². The SMILES string of the molecule is C[Si](C)(C)CCOCn1cc(Br)cc1C(=O)O. The molecule has 1 rings (SSSR count). The highest BCUT2D eigenvalue weighted by Gasteiger charge is 2.14. The van der Waals surface area contributed by atoms with Crippen molar-refractivity contribution in [3.8, 4) is 0 Å². The predicted molar refractivity (Wildman–Crippen MR) is 73.2 cm³/mol. The Morgan fingerprint density at radius 3 is 2.71 bits per heavy atom. The van der Waals surface area contributed by atoms with Crippen LogP contribution < -0.4 is 0 Å². The fourth-order valence-electron chi connectivity index (χ4n) is 1.30. The van der Waals surface area contributed by atoms with Gasteiger partial charge < -0.3 is 14.4 Å². The van der Waals surface area contributed by atoms with E-state index < -0.39 is 14.0 Å². The highest BCUT2D eigenvalue weighted by atomic mass is 79.9. The van der Waals surface area contributed by atoms with E-state index >= 15 is 0 Å². The molecule has 0 saturated heterocycles. The van der Waals surface area contributed by atoms with Crippen molar-refractivity contribution in [3.05, 3.63) is 22.4 Å². The van der Waals surface area contributed by atoms with Crippen LogP contribution in [0.15, 0.2) is 16.7 Å². The lowest BCUT2D eigenvalue weighted by atomic mass is 10.4.